The summed E-state index contributed by atoms with van der Waals surface area (Å²) in [4.78, 5) is 6.62. The summed E-state index contributed by atoms with van der Waals surface area (Å²) in [6, 6.07) is 8.88. The Balaban J connectivity index is 0.00000364. The third-order valence-electron chi connectivity index (χ3n) is 4.31. The van der Waals surface area contributed by atoms with Gasteiger partial charge in [-0.3, -0.25) is 4.99 Å². The van der Waals surface area contributed by atoms with E-state index in [-0.39, 0.29) is 24.0 Å². The fourth-order valence-electron chi connectivity index (χ4n) is 3.10. The van der Waals surface area contributed by atoms with Crippen LogP contribution < -0.4 is 20.3 Å². The van der Waals surface area contributed by atoms with Crippen LogP contribution in [0.15, 0.2) is 29.3 Å². The van der Waals surface area contributed by atoms with E-state index in [4.69, 9.17) is 0 Å². The van der Waals surface area contributed by atoms with Gasteiger partial charge in [-0.2, -0.15) is 0 Å². The van der Waals surface area contributed by atoms with Crippen LogP contribution in [-0.2, 0) is 10.0 Å². The molecule has 0 saturated carbocycles. The molecule has 154 valence electrons. The molecule has 1 unspecified atom stereocenters. The average Bonchev–Trinajstić information content (AvgIpc) is 2.98. The van der Waals surface area contributed by atoms with Gasteiger partial charge in [0.05, 0.1) is 6.26 Å². The minimum atomic E-state index is -3.26. The summed E-state index contributed by atoms with van der Waals surface area (Å²) in [5.41, 5.74) is 1.90. The zero-order valence-electron chi connectivity index (χ0n) is 16.7. The Morgan fingerprint density at radius 1 is 1.30 bits per heavy atom. The van der Waals surface area contributed by atoms with Crippen molar-refractivity contribution in [3.8, 4) is 0 Å². The standard InChI is InChI=1S/C18H31N5O2S.HI/c1-14-6-8-16(9-7-14)23-11-10-15(12-23)21-17(19-4)20-13-18(2,3)22-26(5,24)25;/h6-9,15,22H,10-13H2,1-5H3,(H2,19,20,21);1H. The van der Waals surface area contributed by atoms with Crippen LogP contribution >= 0.6 is 24.0 Å². The van der Waals surface area contributed by atoms with Gasteiger partial charge in [0.25, 0.3) is 0 Å². The second-order valence-corrected chi connectivity index (χ2v) is 9.34. The van der Waals surface area contributed by atoms with Crippen molar-refractivity contribution in [3.63, 3.8) is 0 Å². The van der Waals surface area contributed by atoms with Gasteiger partial charge in [-0.1, -0.05) is 17.7 Å². The Kier molecular flexibility index (Phi) is 8.81. The lowest BCUT2D eigenvalue weighted by molar-refractivity contribution is 0.445. The molecule has 2 rings (SSSR count). The van der Waals surface area contributed by atoms with Crippen LogP contribution in [0, 0.1) is 6.92 Å². The highest BCUT2D eigenvalue weighted by atomic mass is 127. The number of nitrogens with one attached hydrogen (secondary N) is 3. The fraction of sp³-hybridized carbons (Fsp3) is 0.611. The van der Waals surface area contributed by atoms with Gasteiger partial charge in [-0.25, -0.2) is 13.1 Å². The molecular formula is C18H32IN5O2S. The summed E-state index contributed by atoms with van der Waals surface area (Å²) in [6.07, 6.45) is 2.19. The van der Waals surface area contributed by atoms with E-state index in [1.165, 1.54) is 17.5 Å². The number of halogens is 1. The van der Waals surface area contributed by atoms with E-state index in [2.05, 4.69) is 56.4 Å². The first kappa shape index (κ1) is 24.0. The number of nitrogens with zero attached hydrogens (tertiary/aromatic N) is 2. The minimum Gasteiger partial charge on any atom is -0.369 e. The maximum Gasteiger partial charge on any atom is 0.209 e. The maximum absolute atomic E-state index is 11.4. The predicted octanol–water partition coefficient (Wildman–Crippen LogP) is 1.68. The molecule has 1 aliphatic heterocycles. The van der Waals surface area contributed by atoms with E-state index in [9.17, 15) is 8.42 Å². The summed E-state index contributed by atoms with van der Waals surface area (Å²) in [5, 5.41) is 6.65. The summed E-state index contributed by atoms with van der Waals surface area (Å²) in [6.45, 7) is 8.11. The number of aryl methyl sites for hydroxylation is 1. The topological polar surface area (TPSA) is 85.8 Å². The number of benzene rings is 1. The molecule has 27 heavy (non-hydrogen) atoms. The first-order valence-electron chi connectivity index (χ1n) is 8.86. The highest BCUT2D eigenvalue weighted by Gasteiger charge is 2.25. The molecule has 0 aromatic heterocycles. The minimum absolute atomic E-state index is 0. The first-order chi connectivity index (χ1) is 12.1. The van der Waals surface area contributed by atoms with Crippen molar-refractivity contribution >= 4 is 45.6 Å². The van der Waals surface area contributed by atoms with E-state index in [0.717, 1.165) is 19.5 Å². The lowest BCUT2D eigenvalue weighted by Crippen LogP contribution is -2.54. The van der Waals surface area contributed by atoms with Crippen molar-refractivity contribution in [2.24, 2.45) is 4.99 Å². The van der Waals surface area contributed by atoms with Gasteiger partial charge in [0.2, 0.25) is 10.0 Å². The van der Waals surface area contributed by atoms with Gasteiger partial charge < -0.3 is 15.5 Å². The van der Waals surface area contributed by atoms with E-state index < -0.39 is 15.6 Å². The molecule has 0 radical (unpaired) electrons. The first-order valence-corrected chi connectivity index (χ1v) is 10.7. The Morgan fingerprint density at radius 2 is 1.93 bits per heavy atom. The van der Waals surface area contributed by atoms with Gasteiger partial charge >= 0.3 is 0 Å². The Hall–Kier alpha value is -1.07. The van der Waals surface area contributed by atoms with Crippen LogP contribution in [-0.4, -0.2) is 58.9 Å². The molecule has 3 N–H and O–H groups in total. The molecule has 0 spiro atoms. The lowest BCUT2D eigenvalue weighted by atomic mass is 10.1. The molecule has 0 bridgehead atoms. The number of aliphatic imine (C=N–C) groups is 1. The smallest absolute Gasteiger partial charge is 0.209 e. The molecular weight excluding hydrogens is 477 g/mol. The summed E-state index contributed by atoms with van der Waals surface area (Å²) >= 11 is 0. The highest BCUT2D eigenvalue weighted by molar-refractivity contribution is 14.0. The second-order valence-electron chi connectivity index (χ2n) is 7.60. The number of rotatable bonds is 6. The molecule has 1 heterocycles. The summed E-state index contributed by atoms with van der Waals surface area (Å²) < 4.78 is 25.5. The lowest BCUT2D eigenvalue weighted by Gasteiger charge is -2.27. The van der Waals surface area contributed by atoms with Crippen LogP contribution in [0.1, 0.15) is 25.8 Å². The molecule has 1 atom stereocenters. The van der Waals surface area contributed by atoms with Gasteiger partial charge in [0.1, 0.15) is 0 Å². The summed E-state index contributed by atoms with van der Waals surface area (Å²) in [5.74, 6) is 0.684. The monoisotopic (exact) mass is 509 g/mol. The molecule has 0 amide bonds. The molecule has 1 aliphatic rings. The van der Waals surface area contributed by atoms with Crippen LogP contribution in [0.4, 0.5) is 5.69 Å². The zero-order valence-corrected chi connectivity index (χ0v) is 19.9. The van der Waals surface area contributed by atoms with E-state index >= 15 is 0 Å². The van der Waals surface area contributed by atoms with Gasteiger partial charge in [-0.05, 0) is 39.3 Å². The fourth-order valence-corrected chi connectivity index (χ4v) is 4.17. The van der Waals surface area contributed by atoms with Crippen molar-refractivity contribution in [1.29, 1.82) is 0 Å². The largest absolute Gasteiger partial charge is 0.369 e. The molecule has 1 aromatic rings. The number of hydrogen-bond acceptors (Lipinski definition) is 4. The quantitative estimate of drug-likeness (QED) is 0.309. The molecule has 1 saturated heterocycles. The van der Waals surface area contributed by atoms with Gasteiger partial charge in [0, 0.05) is 44.0 Å². The summed E-state index contributed by atoms with van der Waals surface area (Å²) in [7, 11) is -1.54. The molecule has 0 aliphatic carbocycles. The van der Waals surface area contributed by atoms with Gasteiger partial charge in [0.15, 0.2) is 5.96 Å². The Labute approximate surface area is 180 Å². The number of sulfonamides is 1. The molecule has 7 nitrogen and oxygen atoms in total. The van der Waals surface area contributed by atoms with Crippen molar-refractivity contribution in [2.45, 2.75) is 38.8 Å². The van der Waals surface area contributed by atoms with Gasteiger partial charge in [-0.15, -0.1) is 24.0 Å². The predicted molar refractivity (Wildman–Crippen MR) is 124 cm³/mol. The number of hydrogen-bond donors (Lipinski definition) is 3. The van der Waals surface area contributed by atoms with Crippen molar-refractivity contribution < 1.29 is 8.42 Å². The van der Waals surface area contributed by atoms with Crippen molar-refractivity contribution in [1.82, 2.24) is 15.4 Å². The van der Waals surface area contributed by atoms with Crippen LogP contribution in [0.2, 0.25) is 0 Å². The van der Waals surface area contributed by atoms with Crippen LogP contribution in [0.3, 0.4) is 0 Å². The van der Waals surface area contributed by atoms with E-state index in [0.29, 0.717) is 18.5 Å². The van der Waals surface area contributed by atoms with Crippen molar-refractivity contribution in [3.05, 3.63) is 29.8 Å². The van der Waals surface area contributed by atoms with Crippen LogP contribution in [0.25, 0.3) is 0 Å². The molecule has 1 fully saturated rings. The number of anilines is 1. The highest BCUT2D eigenvalue weighted by Crippen LogP contribution is 2.20. The second kappa shape index (κ2) is 9.92. The molecule has 1 aromatic carbocycles. The van der Waals surface area contributed by atoms with E-state index in [1.807, 2.05) is 13.8 Å². The normalized spacial score (nSPS) is 18.2. The maximum atomic E-state index is 11.4. The average molecular weight is 509 g/mol. The molecule has 9 heteroatoms. The van der Waals surface area contributed by atoms with Crippen LogP contribution in [0.5, 0.6) is 0 Å². The SMILES string of the molecule is CN=C(NCC(C)(C)NS(C)(=O)=O)NC1CCN(c2ccc(C)cc2)C1.I. The Morgan fingerprint density at radius 3 is 2.48 bits per heavy atom. The number of guanidine groups is 1. The van der Waals surface area contributed by atoms with E-state index in [1.54, 1.807) is 7.05 Å². The third kappa shape index (κ3) is 8.22. The van der Waals surface area contributed by atoms with Crippen molar-refractivity contribution in [2.75, 3.05) is 37.8 Å². The zero-order chi connectivity index (χ0) is 19.4. The Bertz CT molecular complexity index is 735. The third-order valence-corrected chi connectivity index (χ3v) is 5.23.